The van der Waals surface area contributed by atoms with E-state index in [9.17, 15) is 0 Å². The topological polar surface area (TPSA) is 44.7 Å². The zero-order valence-corrected chi connectivity index (χ0v) is 13.1. The van der Waals surface area contributed by atoms with Crippen molar-refractivity contribution in [1.29, 1.82) is 0 Å². The smallest absolute Gasteiger partial charge is 0.0546 e. The molecule has 4 nitrogen and oxygen atoms in total. The van der Waals surface area contributed by atoms with E-state index in [4.69, 9.17) is 9.84 Å². The van der Waals surface area contributed by atoms with E-state index in [1.54, 1.807) is 0 Å². The van der Waals surface area contributed by atoms with Crippen LogP contribution in [0.3, 0.4) is 0 Å². The fourth-order valence-corrected chi connectivity index (χ4v) is 3.81. The standard InChI is InChI=1S/C16H32N2O2/c1-2-17-12-16(8-5-11-20-14-16)13-18-9-3-6-15(18)7-4-10-19/h15,17,19H,2-14H2,1H3. The minimum Gasteiger partial charge on any atom is -0.396 e. The van der Waals surface area contributed by atoms with E-state index in [0.717, 1.165) is 45.7 Å². The average Bonchev–Trinajstić information content (AvgIpc) is 2.91. The molecule has 2 N–H and O–H groups in total. The maximum absolute atomic E-state index is 9.05. The van der Waals surface area contributed by atoms with Crippen molar-refractivity contribution in [3.63, 3.8) is 0 Å². The van der Waals surface area contributed by atoms with Gasteiger partial charge in [-0.1, -0.05) is 6.92 Å². The molecule has 0 aromatic carbocycles. The molecule has 2 aliphatic heterocycles. The molecule has 0 bridgehead atoms. The van der Waals surface area contributed by atoms with E-state index >= 15 is 0 Å². The fourth-order valence-electron chi connectivity index (χ4n) is 3.81. The van der Waals surface area contributed by atoms with E-state index in [1.807, 2.05) is 0 Å². The molecule has 0 aromatic rings. The Morgan fingerprint density at radius 3 is 3.00 bits per heavy atom. The zero-order valence-electron chi connectivity index (χ0n) is 13.1. The summed E-state index contributed by atoms with van der Waals surface area (Å²) in [6, 6.07) is 0.683. The van der Waals surface area contributed by atoms with Gasteiger partial charge in [-0.15, -0.1) is 0 Å². The highest BCUT2D eigenvalue weighted by Crippen LogP contribution is 2.32. The van der Waals surface area contributed by atoms with Crippen molar-refractivity contribution >= 4 is 0 Å². The first kappa shape index (κ1) is 16.2. The lowest BCUT2D eigenvalue weighted by Gasteiger charge is -2.41. The van der Waals surface area contributed by atoms with Crippen LogP contribution in [0.1, 0.15) is 45.4 Å². The number of hydrogen-bond acceptors (Lipinski definition) is 4. The summed E-state index contributed by atoms with van der Waals surface area (Å²) in [6.45, 7) is 8.85. The van der Waals surface area contributed by atoms with Crippen molar-refractivity contribution in [2.24, 2.45) is 5.41 Å². The van der Waals surface area contributed by atoms with Crippen molar-refractivity contribution in [2.75, 3.05) is 46.0 Å². The predicted molar refractivity (Wildman–Crippen MR) is 81.9 cm³/mol. The van der Waals surface area contributed by atoms with Crippen molar-refractivity contribution in [2.45, 2.75) is 51.5 Å². The van der Waals surface area contributed by atoms with Crippen LogP contribution in [0.2, 0.25) is 0 Å². The number of nitrogens with zero attached hydrogens (tertiary/aromatic N) is 1. The Morgan fingerprint density at radius 1 is 1.40 bits per heavy atom. The van der Waals surface area contributed by atoms with E-state index in [-0.39, 0.29) is 0 Å². The molecule has 0 spiro atoms. The van der Waals surface area contributed by atoms with Crippen LogP contribution in [-0.2, 0) is 4.74 Å². The largest absolute Gasteiger partial charge is 0.396 e. The first-order chi connectivity index (χ1) is 9.79. The molecule has 2 saturated heterocycles. The summed E-state index contributed by atoms with van der Waals surface area (Å²) in [5.74, 6) is 0. The van der Waals surface area contributed by atoms with Gasteiger partial charge in [-0.05, 0) is 51.6 Å². The molecular formula is C16H32N2O2. The first-order valence-electron chi connectivity index (χ1n) is 8.43. The van der Waals surface area contributed by atoms with E-state index in [1.165, 1.54) is 32.2 Å². The number of aliphatic hydroxyl groups is 1. The van der Waals surface area contributed by atoms with Crippen LogP contribution >= 0.6 is 0 Å². The minimum atomic E-state index is 0.302. The molecule has 0 radical (unpaired) electrons. The lowest BCUT2D eigenvalue weighted by molar-refractivity contribution is -0.0285. The Bertz CT molecular complexity index is 267. The highest BCUT2D eigenvalue weighted by molar-refractivity contribution is 4.91. The second-order valence-corrected chi connectivity index (χ2v) is 6.57. The Kier molecular flexibility index (Phi) is 6.75. The Morgan fingerprint density at radius 2 is 2.30 bits per heavy atom. The van der Waals surface area contributed by atoms with E-state index in [0.29, 0.717) is 18.1 Å². The van der Waals surface area contributed by atoms with Crippen LogP contribution in [0.15, 0.2) is 0 Å². The minimum absolute atomic E-state index is 0.302. The molecule has 2 rings (SSSR count). The number of nitrogens with one attached hydrogen (secondary N) is 1. The summed E-state index contributed by atoms with van der Waals surface area (Å²) in [4.78, 5) is 2.67. The highest BCUT2D eigenvalue weighted by atomic mass is 16.5. The van der Waals surface area contributed by atoms with Gasteiger partial charge in [0.1, 0.15) is 0 Å². The third-order valence-electron chi connectivity index (χ3n) is 4.89. The number of aliphatic hydroxyl groups excluding tert-OH is 1. The van der Waals surface area contributed by atoms with Gasteiger partial charge in [-0.2, -0.15) is 0 Å². The lowest BCUT2D eigenvalue weighted by Crippen LogP contribution is -2.50. The number of ether oxygens (including phenoxy) is 1. The van der Waals surface area contributed by atoms with Crippen molar-refractivity contribution < 1.29 is 9.84 Å². The summed E-state index contributed by atoms with van der Waals surface area (Å²) in [5.41, 5.74) is 0.302. The van der Waals surface area contributed by atoms with Gasteiger partial charge in [0.15, 0.2) is 0 Å². The molecule has 4 heteroatoms. The second kappa shape index (κ2) is 8.32. The number of likely N-dealkylation sites (tertiary alicyclic amines) is 1. The summed E-state index contributed by atoms with van der Waals surface area (Å²) in [7, 11) is 0. The van der Waals surface area contributed by atoms with E-state index < -0.39 is 0 Å². The van der Waals surface area contributed by atoms with Gasteiger partial charge in [-0.3, -0.25) is 4.90 Å². The lowest BCUT2D eigenvalue weighted by atomic mass is 9.81. The van der Waals surface area contributed by atoms with Crippen LogP contribution in [0.4, 0.5) is 0 Å². The Hall–Kier alpha value is -0.160. The molecule has 2 fully saturated rings. The van der Waals surface area contributed by atoms with Gasteiger partial charge >= 0.3 is 0 Å². The summed E-state index contributed by atoms with van der Waals surface area (Å²) in [5, 5.41) is 12.6. The normalized spacial score (nSPS) is 31.8. The van der Waals surface area contributed by atoms with Crippen LogP contribution in [0.5, 0.6) is 0 Å². The predicted octanol–water partition coefficient (Wildman–Crippen LogP) is 1.63. The molecule has 2 unspecified atom stereocenters. The van der Waals surface area contributed by atoms with Gasteiger partial charge in [-0.25, -0.2) is 0 Å². The third-order valence-corrected chi connectivity index (χ3v) is 4.89. The monoisotopic (exact) mass is 284 g/mol. The summed E-state index contributed by atoms with van der Waals surface area (Å²) >= 11 is 0. The van der Waals surface area contributed by atoms with Crippen molar-refractivity contribution in [3.8, 4) is 0 Å². The molecular weight excluding hydrogens is 252 g/mol. The number of rotatable bonds is 8. The molecule has 0 amide bonds. The molecule has 0 saturated carbocycles. The Labute approximate surface area is 123 Å². The van der Waals surface area contributed by atoms with Gasteiger partial charge < -0.3 is 15.2 Å². The quantitative estimate of drug-likeness (QED) is 0.711. The first-order valence-corrected chi connectivity index (χ1v) is 8.43. The van der Waals surface area contributed by atoms with Crippen LogP contribution in [-0.4, -0.2) is 62.0 Å². The molecule has 118 valence electrons. The second-order valence-electron chi connectivity index (χ2n) is 6.57. The molecule has 2 heterocycles. The van der Waals surface area contributed by atoms with E-state index in [2.05, 4.69) is 17.1 Å². The Balaban J connectivity index is 1.91. The fraction of sp³-hybridized carbons (Fsp3) is 1.00. The third kappa shape index (κ3) is 4.42. The molecule has 20 heavy (non-hydrogen) atoms. The van der Waals surface area contributed by atoms with Gasteiger partial charge in [0.25, 0.3) is 0 Å². The summed E-state index contributed by atoms with van der Waals surface area (Å²) in [6.07, 6.45) is 7.18. The zero-order chi connectivity index (χ0) is 14.3. The van der Waals surface area contributed by atoms with Crippen LogP contribution in [0, 0.1) is 5.41 Å². The molecule has 0 aliphatic carbocycles. The maximum atomic E-state index is 9.05. The molecule has 2 aliphatic rings. The summed E-state index contributed by atoms with van der Waals surface area (Å²) < 4.78 is 5.80. The van der Waals surface area contributed by atoms with Gasteiger partial charge in [0.05, 0.1) is 6.61 Å². The van der Waals surface area contributed by atoms with Crippen molar-refractivity contribution in [3.05, 3.63) is 0 Å². The van der Waals surface area contributed by atoms with Crippen LogP contribution in [0.25, 0.3) is 0 Å². The SMILES string of the molecule is CCNCC1(CN2CCCC2CCCO)CCCOC1. The van der Waals surface area contributed by atoms with Crippen molar-refractivity contribution in [1.82, 2.24) is 10.2 Å². The highest BCUT2D eigenvalue weighted by Gasteiger charge is 2.37. The maximum Gasteiger partial charge on any atom is 0.0546 e. The molecule has 0 aromatic heterocycles. The molecule has 2 atom stereocenters. The van der Waals surface area contributed by atoms with Gasteiger partial charge in [0.2, 0.25) is 0 Å². The number of hydrogen-bond donors (Lipinski definition) is 2. The van der Waals surface area contributed by atoms with Gasteiger partial charge in [0, 0.05) is 37.8 Å². The average molecular weight is 284 g/mol. The van der Waals surface area contributed by atoms with Crippen LogP contribution < -0.4 is 5.32 Å².